The number of rotatable bonds is 5. The van der Waals surface area contributed by atoms with E-state index < -0.39 is 0 Å². The number of benzene rings is 2. The number of hydrogen-bond donors (Lipinski definition) is 2. The highest BCUT2D eigenvalue weighted by Gasteiger charge is 2.13. The number of aliphatic imine (C=N–C) groups is 1. The van der Waals surface area contributed by atoms with Gasteiger partial charge in [0.2, 0.25) is 0 Å². The van der Waals surface area contributed by atoms with Crippen molar-refractivity contribution in [2.75, 3.05) is 31.6 Å². The van der Waals surface area contributed by atoms with Crippen LogP contribution in [0.5, 0.6) is 0 Å². The van der Waals surface area contributed by atoms with Crippen LogP contribution in [0.2, 0.25) is 0 Å². The van der Waals surface area contributed by atoms with Crippen LogP contribution in [0, 0.1) is 0 Å². The van der Waals surface area contributed by atoms with E-state index in [0.717, 1.165) is 45.0 Å². The number of fused-ring (bicyclic) bond motifs is 1. The Labute approximate surface area is 167 Å². The topological polar surface area (TPSA) is 62.9 Å². The van der Waals surface area contributed by atoms with Crippen molar-refractivity contribution < 1.29 is 4.74 Å². The first kappa shape index (κ1) is 19.0. The van der Waals surface area contributed by atoms with Gasteiger partial charge >= 0.3 is 0 Å². The van der Waals surface area contributed by atoms with Gasteiger partial charge in [0.15, 0.2) is 5.96 Å². The van der Waals surface area contributed by atoms with Gasteiger partial charge in [0.1, 0.15) is 0 Å². The Kier molecular flexibility index (Phi) is 6.24. The largest absolute Gasteiger partial charge is 0.379 e. The number of nitrogens with zero attached hydrogens (tertiary/aromatic N) is 2. The van der Waals surface area contributed by atoms with Crippen molar-refractivity contribution in [3.8, 4) is 0 Å². The zero-order chi connectivity index (χ0) is 19.2. The molecule has 0 unspecified atom stereocenters. The highest BCUT2D eigenvalue weighted by molar-refractivity contribution is 5.93. The smallest absolute Gasteiger partial charge is 0.193 e. The highest BCUT2D eigenvalue weighted by Crippen LogP contribution is 2.27. The van der Waals surface area contributed by atoms with Crippen molar-refractivity contribution in [3.63, 3.8) is 0 Å². The van der Waals surface area contributed by atoms with Crippen molar-refractivity contribution in [2.24, 2.45) is 10.7 Å². The maximum Gasteiger partial charge on any atom is 0.193 e. The average molecular weight is 379 g/mol. The fourth-order valence-electron chi connectivity index (χ4n) is 4.02. The van der Waals surface area contributed by atoms with Crippen molar-refractivity contribution in [3.05, 3.63) is 64.7 Å². The summed E-state index contributed by atoms with van der Waals surface area (Å²) in [6.45, 7) is 5.27. The Bertz CT molecular complexity index is 810. The molecule has 2 aromatic rings. The van der Waals surface area contributed by atoms with Gasteiger partial charge in [-0.2, -0.15) is 0 Å². The van der Waals surface area contributed by atoms with Crippen molar-refractivity contribution in [1.29, 1.82) is 0 Å². The third kappa shape index (κ3) is 4.91. The number of nitrogens with one attached hydrogen (secondary N) is 1. The standard InChI is InChI=1S/C23H30N4O/c24-23(26-22-7-3-5-20-4-1-2-6-21(20)22)25-16-18-8-10-19(11-9-18)17-27-12-14-28-15-13-27/h3,5,7-11H,1-2,4,6,12-17H2,(H3,24,25,26). The Balaban J connectivity index is 1.33. The summed E-state index contributed by atoms with van der Waals surface area (Å²) >= 11 is 0. The predicted molar refractivity (Wildman–Crippen MR) is 115 cm³/mol. The molecule has 3 N–H and O–H groups in total. The quantitative estimate of drug-likeness (QED) is 0.619. The molecule has 1 saturated heterocycles. The number of hydrogen-bond acceptors (Lipinski definition) is 3. The molecule has 4 rings (SSSR count). The van der Waals surface area contributed by atoms with Crippen molar-refractivity contribution in [1.82, 2.24) is 4.90 Å². The molecule has 0 spiro atoms. The minimum Gasteiger partial charge on any atom is -0.379 e. The normalized spacial score (nSPS) is 17.9. The second-order valence-electron chi connectivity index (χ2n) is 7.68. The Morgan fingerprint density at radius 1 is 1.00 bits per heavy atom. The van der Waals surface area contributed by atoms with Crippen molar-refractivity contribution >= 4 is 11.6 Å². The molecule has 0 amide bonds. The molecule has 1 fully saturated rings. The van der Waals surface area contributed by atoms with E-state index in [0.29, 0.717) is 12.5 Å². The van der Waals surface area contributed by atoms with Crippen LogP contribution in [0.15, 0.2) is 47.5 Å². The van der Waals surface area contributed by atoms with Crippen LogP contribution in [-0.4, -0.2) is 37.2 Å². The lowest BCUT2D eigenvalue weighted by atomic mass is 9.90. The van der Waals surface area contributed by atoms with Gasteiger partial charge in [0, 0.05) is 25.3 Å². The van der Waals surface area contributed by atoms with E-state index in [1.54, 1.807) is 0 Å². The lowest BCUT2D eigenvalue weighted by Crippen LogP contribution is -2.35. The van der Waals surface area contributed by atoms with E-state index in [2.05, 4.69) is 57.7 Å². The number of guanidine groups is 1. The zero-order valence-corrected chi connectivity index (χ0v) is 16.5. The first-order valence-electron chi connectivity index (χ1n) is 10.3. The van der Waals surface area contributed by atoms with Crippen LogP contribution in [0.25, 0.3) is 0 Å². The summed E-state index contributed by atoms with van der Waals surface area (Å²) in [5.41, 5.74) is 12.6. The third-order valence-corrected chi connectivity index (χ3v) is 5.62. The van der Waals surface area contributed by atoms with Gasteiger partial charge in [-0.05, 0) is 54.0 Å². The Morgan fingerprint density at radius 3 is 2.57 bits per heavy atom. The van der Waals surface area contributed by atoms with Crippen molar-refractivity contribution in [2.45, 2.75) is 38.8 Å². The first-order valence-corrected chi connectivity index (χ1v) is 10.3. The van der Waals surface area contributed by atoms with Crippen LogP contribution in [0.4, 0.5) is 5.69 Å². The Morgan fingerprint density at radius 2 is 1.75 bits per heavy atom. The maximum absolute atomic E-state index is 6.16. The van der Waals surface area contributed by atoms with Gasteiger partial charge in [0.05, 0.1) is 19.8 Å². The Hall–Kier alpha value is -2.37. The molecule has 28 heavy (non-hydrogen) atoms. The summed E-state index contributed by atoms with van der Waals surface area (Å²) in [5, 5.41) is 3.32. The molecule has 2 aliphatic rings. The number of anilines is 1. The second-order valence-corrected chi connectivity index (χ2v) is 7.68. The second kappa shape index (κ2) is 9.22. The minimum absolute atomic E-state index is 0.483. The summed E-state index contributed by atoms with van der Waals surface area (Å²) < 4.78 is 5.41. The molecule has 0 atom stereocenters. The van der Waals surface area contributed by atoms with E-state index in [-0.39, 0.29) is 0 Å². The maximum atomic E-state index is 6.16. The lowest BCUT2D eigenvalue weighted by molar-refractivity contribution is 0.0342. The lowest BCUT2D eigenvalue weighted by Gasteiger charge is -2.26. The summed E-state index contributed by atoms with van der Waals surface area (Å²) in [6.07, 6.45) is 4.82. The average Bonchev–Trinajstić information content (AvgIpc) is 2.74. The SMILES string of the molecule is NC(=NCc1ccc(CN2CCOCC2)cc1)Nc1cccc2c1CCCC2. The summed E-state index contributed by atoms with van der Waals surface area (Å²) in [4.78, 5) is 6.97. The van der Waals surface area contributed by atoms with Gasteiger partial charge in [-0.1, -0.05) is 36.4 Å². The van der Waals surface area contributed by atoms with E-state index in [4.69, 9.17) is 10.5 Å². The third-order valence-electron chi connectivity index (χ3n) is 5.62. The molecule has 1 heterocycles. The zero-order valence-electron chi connectivity index (χ0n) is 16.5. The van der Waals surface area contributed by atoms with Crippen LogP contribution in [0.3, 0.4) is 0 Å². The molecule has 5 nitrogen and oxygen atoms in total. The van der Waals surface area contributed by atoms with Crippen LogP contribution < -0.4 is 11.1 Å². The molecule has 1 aliphatic heterocycles. The number of ether oxygens (including phenoxy) is 1. The molecule has 0 radical (unpaired) electrons. The fourth-order valence-corrected chi connectivity index (χ4v) is 4.02. The van der Waals surface area contributed by atoms with Crippen LogP contribution >= 0.6 is 0 Å². The summed E-state index contributed by atoms with van der Waals surface area (Å²) in [6, 6.07) is 15.1. The van der Waals surface area contributed by atoms with Gasteiger partial charge in [0.25, 0.3) is 0 Å². The molecule has 5 heteroatoms. The van der Waals surface area contributed by atoms with E-state index in [1.165, 1.54) is 41.5 Å². The predicted octanol–water partition coefficient (Wildman–Crippen LogP) is 3.32. The first-order chi connectivity index (χ1) is 13.8. The number of morpholine rings is 1. The van der Waals surface area contributed by atoms with Crippen LogP contribution in [-0.2, 0) is 30.7 Å². The van der Waals surface area contributed by atoms with Gasteiger partial charge < -0.3 is 15.8 Å². The van der Waals surface area contributed by atoms with Gasteiger partial charge in [-0.15, -0.1) is 0 Å². The van der Waals surface area contributed by atoms with E-state index in [1.807, 2.05) is 0 Å². The highest BCUT2D eigenvalue weighted by atomic mass is 16.5. The fraction of sp³-hybridized carbons (Fsp3) is 0.435. The molecule has 148 valence electrons. The van der Waals surface area contributed by atoms with Crippen LogP contribution in [0.1, 0.15) is 35.1 Å². The monoisotopic (exact) mass is 378 g/mol. The molecule has 0 aromatic heterocycles. The van der Waals surface area contributed by atoms with Gasteiger partial charge in [-0.3, -0.25) is 4.90 Å². The molecule has 1 aliphatic carbocycles. The molecule has 2 aromatic carbocycles. The molecule has 0 saturated carbocycles. The molecular formula is C23H30N4O. The summed E-state index contributed by atoms with van der Waals surface area (Å²) in [5.74, 6) is 0.483. The number of aryl methyl sites for hydroxylation is 1. The summed E-state index contributed by atoms with van der Waals surface area (Å²) in [7, 11) is 0. The molecular weight excluding hydrogens is 348 g/mol. The van der Waals surface area contributed by atoms with E-state index in [9.17, 15) is 0 Å². The minimum atomic E-state index is 0.483. The van der Waals surface area contributed by atoms with E-state index >= 15 is 0 Å². The van der Waals surface area contributed by atoms with Gasteiger partial charge in [-0.25, -0.2) is 4.99 Å². The number of nitrogens with two attached hydrogens (primary N) is 1. The molecule has 0 bridgehead atoms.